The van der Waals surface area contributed by atoms with Crippen LogP contribution in [0, 0.1) is 0 Å². The van der Waals surface area contributed by atoms with E-state index < -0.39 is 0 Å². The van der Waals surface area contributed by atoms with E-state index in [9.17, 15) is 4.79 Å². The molecule has 0 aromatic heterocycles. The monoisotopic (exact) mass is 229 g/mol. The molecule has 16 heavy (non-hydrogen) atoms. The Balaban J connectivity index is 2.20. The summed E-state index contributed by atoms with van der Waals surface area (Å²) in [5.74, 6) is 0. The molecule has 0 radical (unpaired) electrons. The molecular weight excluding hydrogens is 206 g/mol. The summed E-state index contributed by atoms with van der Waals surface area (Å²) in [6.45, 7) is 9.29. The fourth-order valence-corrected chi connectivity index (χ4v) is 1.90. The van der Waals surface area contributed by atoms with E-state index >= 15 is 0 Å². The van der Waals surface area contributed by atoms with Gasteiger partial charge in [-0.3, -0.25) is 0 Å². The van der Waals surface area contributed by atoms with E-state index in [1.54, 1.807) is 4.90 Å². The van der Waals surface area contributed by atoms with E-state index in [1.807, 2.05) is 0 Å². The van der Waals surface area contributed by atoms with E-state index in [0.29, 0.717) is 13.1 Å². The second-order valence-corrected chi connectivity index (χ2v) is 4.07. The van der Waals surface area contributed by atoms with Crippen molar-refractivity contribution in [3.05, 3.63) is 0 Å². The van der Waals surface area contributed by atoms with Crippen LogP contribution in [0.25, 0.3) is 0 Å². The lowest BCUT2D eigenvalue weighted by molar-refractivity contribution is 0.134. The third-order valence-corrected chi connectivity index (χ3v) is 3.01. The molecule has 94 valence electrons. The van der Waals surface area contributed by atoms with Crippen molar-refractivity contribution in [2.24, 2.45) is 5.73 Å². The molecule has 2 N–H and O–H groups in total. The highest BCUT2D eigenvalue weighted by Crippen LogP contribution is 2.10. The molecule has 1 saturated heterocycles. The van der Waals surface area contributed by atoms with Crippen LogP contribution in [-0.4, -0.2) is 61.3 Å². The number of ether oxygens (including phenoxy) is 1. The van der Waals surface area contributed by atoms with Gasteiger partial charge in [0.15, 0.2) is 0 Å². The van der Waals surface area contributed by atoms with Gasteiger partial charge in [-0.25, -0.2) is 4.79 Å². The fraction of sp³-hybridized carbons (Fsp3) is 0.909. The summed E-state index contributed by atoms with van der Waals surface area (Å²) >= 11 is 0. The fourth-order valence-electron chi connectivity index (χ4n) is 1.90. The van der Waals surface area contributed by atoms with E-state index in [4.69, 9.17) is 10.5 Å². The largest absolute Gasteiger partial charge is 0.443 e. The summed E-state index contributed by atoms with van der Waals surface area (Å²) in [7, 11) is 0. The standard InChI is InChI=1S/C11H23N3O2/c1-3-13(4-2)6-5-7-14-9-10(8-12)16-11(14)15/h10H,3-9,12H2,1-2H3. The number of nitrogens with two attached hydrogens (primary N) is 1. The molecule has 1 fully saturated rings. The van der Waals surface area contributed by atoms with Gasteiger partial charge in [0.1, 0.15) is 6.10 Å². The summed E-state index contributed by atoms with van der Waals surface area (Å²) < 4.78 is 5.08. The van der Waals surface area contributed by atoms with Crippen molar-refractivity contribution in [2.75, 3.05) is 39.3 Å². The minimum absolute atomic E-state index is 0.110. The predicted molar refractivity (Wildman–Crippen MR) is 63.3 cm³/mol. The Morgan fingerprint density at radius 1 is 1.50 bits per heavy atom. The molecule has 0 saturated carbocycles. The Bertz CT molecular complexity index is 219. The Kier molecular flexibility index (Phi) is 5.55. The van der Waals surface area contributed by atoms with Crippen molar-refractivity contribution in [3.63, 3.8) is 0 Å². The molecule has 0 aromatic rings. The Morgan fingerprint density at radius 3 is 2.69 bits per heavy atom. The molecule has 0 spiro atoms. The summed E-state index contributed by atoms with van der Waals surface area (Å²) in [4.78, 5) is 15.5. The molecule has 5 heteroatoms. The van der Waals surface area contributed by atoms with Gasteiger partial charge >= 0.3 is 6.09 Å². The van der Waals surface area contributed by atoms with Crippen LogP contribution in [0.4, 0.5) is 4.79 Å². The molecular formula is C11H23N3O2. The zero-order valence-corrected chi connectivity index (χ0v) is 10.3. The van der Waals surface area contributed by atoms with Crippen molar-refractivity contribution in [2.45, 2.75) is 26.4 Å². The number of amides is 1. The average Bonchev–Trinajstić information content (AvgIpc) is 2.66. The first-order valence-corrected chi connectivity index (χ1v) is 6.09. The van der Waals surface area contributed by atoms with Gasteiger partial charge in [0.25, 0.3) is 0 Å². The maximum absolute atomic E-state index is 11.4. The SMILES string of the molecule is CCN(CC)CCCN1CC(CN)OC1=O. The number of carbonyl (C=O) groups is 1. The van der Waals surface area contributed by atoms with Crippen molar-refractivity contribution < 1.29 is 9.53 Å². The molecule has 1 unspecified atom stereocenters. The van der Waals surface area contributed by atoms with Gasteiger partial charge in [-0.15, -0.1) is 0 Å². The molecule has 0 aliphatic carbocycles. The second-order valence-electron chi connectivity index (χ2n) is 4.07. The summed E-state index contributed by atoms with van der Waals surface area (Å²) in [5.41, 5.74) is 5.47. The number of nitrogens with zero attached hydrogens (tertiary/aromatic N) is 2. The van der Waals surface area contributed by atoms with Crippen molar-refractivity contribution in [3.8, 4) is 0 Å². The Morgan fingerprint density at radius 2 is 2.19 bits per heavy atom. The average molecular weight is 229 g/mol. The van der Waals surface area contributed by atoms with Crippen LogP contribution in [0.2, 0.25) is 0 Å². The quantitative estimate of drug-likeness (QED) is 0.690. The number of rotatable bonds is 7. The first-order chi connectivity index (χ1) is 7.71. The second kappa shape index (κ2) is 6.70. The molecule has 5 nitrogen and oxygen atoms in total. The van der Waals surface area contributed by atoms with E-state index in [-0.39, 0.29) is 12.2 Å². The molecule has 1 aliphatic heterocycles. The van der Waals surface area contributed by atoms with Crippen LogP contribution in [-0.2, 0) is 4.74 Å². The number of hydrogen-bond donors (Lipinski definition) is 1. The zero-order chi connectivity index (χ0) is 12.0. The predicted octanol–water partition coefficient (Wildman–Crippen LogP) is 0.498. The van der Waals surface area contributed by atoms with Crippen molar-refractivity contribution in [1.82, 2.24) is 9.80 Å². The first-order valence-electron chi connectivity index (χ1n) is 6.09. The summed E-state index contributed by atoms with van der Waals surface area (Å²) in [6.07, 6.45) is 0.671. The van der Waals surface area contributed by atoms with Gasteiger partial charge in [0.05, 0.1) is 6.54 Å². The Labute approximate surface area is 97.5 Å². The molecule has 1 amide bonds. The summed E-state index contributed by atoms with van der Waals surface area (Å²) in [6, 6.07) is 0. The molecule has 0 aromatic carbocycles. The minimum atomic E-state index is -0.213. The van der Waals surface area contributed by atoms with E-state index in [1.165, 1.54) is 0 Å². The van der Waals surface area contributed by atoms with Crippen molar-refractivity contribution >= 4 is 6.09 Å². The first kappa shape index (κ1) is 13.3. The molecule has 1 aliphatic rings. The lowest BCUT2D eigenvalue weighted by Crippen LogP contribution is -2.31. The highest BCUT2D eigenvalue weighted by Gasteiger charge is 2.29. The van der Waals surface area contributed by atoms with Crippen molar-refractivity contribution in [1.29, 1.82) is 0 Å². The third-order valence-electron chi connectivity index (χ3n) is 3.01. The highest BCUT2D eigenvalue weighted by atomic mass is 16.6. The Hall–Kier alpha value is -0.810. The van der Waals surface area contributed by atoms with Gasteiger partial charge in [0.2, 0.25) is 0 Å². The number of carbonyl (C=O) groups excluding carboxylic acids is 1. The van der Waals surface area contributed by atoms with Crippen LogP contribution in [0.3, 0.4) is 0 Å². The normalized spacial score (nSPS) is 20.6. The van der Waals surface area contributed by atoms with Gasteiger partial charge in [0, 0.05) is 13.1 Å². The number of hydrogen-bond acceptors (Lipinski definition) is 4. The number of cyclic esters (lactones) is 1. The third kappa shape index (κ3) is 3.64. The van der Waals surface area contributed by atoms with Crippen LogP contribution in [0.15, 0.2) is 0 Å². The van der Waals surface area contributed by atoms with Crippen LogP contribution < -0.4 is 5.73 Å². The van der Waals surface area contributed by atoms with Crippen LogP contribution >= 0.6 is 0 Å². The zero-order valence-electron chi connectivity index (χ0n) is 10.3. The topological polar surface area (TPSA) is 58.8 Å². The minimum Gasteiger partial charge on any atom is -0.443 e. The molecule has 1 rings (SSSR count). The van der Waals surface area contributed by atoms with Gasteiger partial charge < -0.3 is 20.3 Å². The maximum atomic E-state index is 11.4. The molecule has 0 bridgehead atoms. The maximum Gasteiger partial charge on any atom is 0.410 e. The lowest BCUT2D eigenvalue weighted by atomic mass is 10.3. The van der Waals surface area contributed by atoms with Gasteiger partial charge in [-0.2, -0.15) is 0 Å². The van der Waals surface area contributed by atoms with Gasteiger partial charge in [-0.1, -0.05) is 13.8 Å². The van der Waals surface area contributed by atoms with E-state index in [0.717, 1.165) is 32.6 Å². The van der Waals surface area contributed by atoms with Gasteiger partial charge in [-0.05, 0) is 26.1 Å². The summed E-state index contributed by atoms with van der Waals surface area (Å²) in [5, 5.41) is 0. The smallest absolute Gasteiger partial charge is 0.410 e. The van der Waals surface area contributed by atoms with E-state index in [2.05, 4.69) is 18.7 Å². The van der Waals surface area contributed by atoms with Crippen LogP contribution in [0.5, 0.6) is 0 Å². The highest BCUT2D eigenvalue weighted by molar-refractivity contribution is 5.69. The molecule has 1 atom stereocenters. The molecule has 1 heterocycles. The lowest BCUT2D eigenvalue weighted by Gasteiger charge is -2.19. The van der Waals surface area contributed by atoms with Crippen LogP contribution in [0.1, 0.15) is 20.3 Å².